The summed E-state index contributed by atoms with van der Waals surface area (Å²) in [6.07, 6.45) is 4.71. The van der Waals surface area contributed by atoms with Gasteiger partial charge in [0.15, 0.2) is 0 Å². The van der Waals surface area contributed by atoms with Gasteiger partial charge in [0.25, 0.3) is 0 Å². The molecule has 3 heterocycles. The lowest BCUT2D eigenvalue weighted by Gasteiger charge is -2.47. The van der Waals surface area contributed by atoms with Gasteiger partial charge in [0.2, 0.25) is 5.91 Å². The van der Waals surface area contributed by atoms with E-state index in [-0.39, 0.29) is 5.41 Å². The second-order valence-corrected chi connectivity index (χ2v) is 8.03. The molecular weight excluding hydrogens is 348 g/mol. The van der Waals surface area contributed by atoms with E-state index < -0.39 is 0 Å². The SMILES string of the molecule is N#Cc1cccc(N2CCC3(CCC(=O)N(CCc4ccccc4)C3)CC2)n1. The maximum absolute atomic E-state index is 12.5. The van der Waals surface area contributed by atoms with Gasteiger partial charge in [-0.25, -0.2) is 4.98 Å². The molecule has 4 rings (SSSR count). The fraction of sp³-hybridized carbons (Fsp3) is 0.435. The second-order valence-electron chi connectivity index (χ2n) is 8.03. The Bertz CT molecular complexity index is 866. The summed E-state index contributed by atoms with van der Waals surface area (Å²) < 4.78 is 0. The summed E-state index contributed by atoms with van der Waals surface area (Å²) >= 11 is 0. The van der Waals surface area contributed by atoms with Gasteiger partial charge in [0, 0.05) is 32.6 Å². The molecule has 2 saturated heterocycles. The van der Waals surface area contributed by atoms with Crippen LogP contribution in [0, 0.1) is 16.7 Å². The number of likely N-dealkylation sites (tertiary alicyclic amines) is 1. The number of benzene rings is 1. The Morgan fingerprint density at radius 2 is 1.82 bits per heavy atom. The molecule has 1 spiro atoms. The number of aromatic nitrogens is 1. The van der Waals surface area contributed by atoms with Crippen molar-refractivity contribution in [2.75, 3.05) is 31.1 Å². The van der Waals surface area contributed by atoms with E-state index in [1.807, 2.05) is 18.2 Å². The van der Waals surface area contributed by atoms with Crippen LogP contribution in [-0.4, -0.2) is 42.0 Å². The predicted molar refractivity (Wildman–Crippen MR) is 109 cm³/mol. The number of amides is 1. The number of hydrogen-bond acceptors (Lipinski definition) is 4. The van der Waals surface area contributed by atoms with Crippen LogP contribution < -0.4 is 4.90 Å². The summed E-state index contributed by atoms with van der Waals surface area (Å²) in [6, 6.07) is 18.1. The highest BCUT2D eigenvalue weighted by atomic mass is 16.2. The molecule has 1 aromatic heterocycles. The average Bonchev–Trinajstić information content (AvgIpc) is 2.76. The quantitative estimate of drug-likeness (QED) is 0.823. The van der Waals surface area contributed by atoms with Crippen molar-refractivity contribution in [3.8, 4) is 6.07 Å². The summed E-state index contributed by atoms with van der Waals surface area (Å²) in [4.78, 5) is 21.3. The van der Waals surface area contributed by atoms with Gasteiger partial charge < -0.3 is 9.80 Å². The number of rotatable bonds is 4. The Labute approximate surface area is 166 Å². The van der Waals surface area contributed by atoms with Gasteiger partial charge in [-0.15, -0.1) is 0 Å². The van der Waals surface area contributed by atoms with Gasteiger partial charge >= 0.3 is 0 Å². The van der Waals surface area contributed by atoms with Crippen molar-refractivity contribution < 1.29 is 4.79 Å². The van der Waals surface area contributed by atoms with Crippen molar-refractivity contribution in [1.29, 1.82) is 5.26 Å². The monoisotopic (exact) mass is 374 g/mol. The van der Waals surface area contributed by atoms with E-state index in [1.54, 1.807) is 6.07 Å². The topological polar surface area (TPSA) is 60.2 Å². The van der Waals surface area contributed by atoms with Crippen molar-refractivity contribution >= 4 is 11.7 Å². The fourth-order valence-corrected chi connectivity index (χ4v) is 4.49. The minimum atomic E-state index is 0.230. The van der Waals surface area contributed by atoms with Crippen molar-refractivity contribution in [2.24, 2.45) is 5.41 Å². The number of anilines is 1. The summed E-state index contributed by atoms with van der Waals surface area (Å²) in [5.74, 6) is 1.19. The van der Waals surface area contributed by atoms with Crippen molar-refractivity contribution in [2.45, 2.75) is 32.1 Å². The molecule has 1 amide bonds. The molecular formula is C23H26N4O. The highest BCUT2D eigenvalue weighted by Crippen LogP contribution is 2.41. The van der Waals surface area contributed by atoms with Gasteiger partial charge in [-0.2, -0.15) is 5.26 Å². The first-order valence-corrected chi connectivity index (χ1v) is 10.1. The lowest BCUT2D eigenvalue weighted by molar-refractivity contribution is -0.138. The Balaban J connectivity index is 1.37. The number of pyridine rings is 1. The van der Waals surface area contributed by atoms with E-state index in [0.29, 0.717) is 18.0 Å². The number of hydrogen-bond donors (Lipinski definition) is 0. The van der Waals surface area contributed by atoms with E-state index in [9.17, 15) is 4.79 Å². The molecule has 0 N–H and O–H groups in total. The molecule has 2 aliphatic rings. The molecule has 0 aliphatic carbocycles. The molecule has 2 aromatic rings. The lowest BCUT2D eigenvalue weighted by atomic mass is 9.72. The molecule has 0 atom stereocenters. The number of piperidine rings is 2. The predicted octanol–water partition coefficient (Wildman–Crippen LogP) is 3.40. The lowest BCUT2D eigenvalue weighted by Crippen LogP contribution is -2.52. The molecule has 0 bridgehead atoms. The summed E-state index contributed by atoms with van der Waals surface area (Å²) in [7, 11) is 0. The van der Waals surface area contributed by atoms with Crippen molar-refractivity contribution in [1.82, 2.24) is 9.88 Å². The first-order valence-electron chi connectivity index (χ1n) is 10.1. The van der Waals surface area contributed by atoms with Crippen LogP contribution in [0.2, 0.25) is 0 Å². The third-order valence-electron chi connectivity index (χ3n) is 6.26. The molecule has 0 saturated carbocycles. The van der Waals surface area contributed by atoms with E-state index >= 15 is 0 Å². The molecule has 5 heteroatoms. The summed E-state index contributed by atoms with van der Waals surface area (Å²) in [5, 5.41) is 9.08. The minimum absolute atomic E-state index is 0.230. The van der Waals surface area contributed by atoms with Crippen LogP contribution in [0.15, 0.2) is 48.5 Å². The summed E-state index contributed by atoms with van der Waals surface area (Å²) in [5.41, 5.74) is 1.98. The fourth-order valence-electron chi connectivity index (χ4n) is 4.49. The number of carbonyl (C=O) groups excluding carboxylic acids is 1. The van der Waals surface area contributed by atoms with Crippen LogP contribution >= 0.6 is 0 Å². The van der Waals surface area contributed by atoms with Gasteiger partial charge in [-0.05, 0) is 48.8 Å². The third-order valence-corrected chi connectivity index (χ3v) is 6.26. The van der Waals surface area contributed by atoms with Crippen LogP contribution in [0.3, 0.4) is 0 Å². The molecule has 28 heavy (non-hydrogen) atoms. The molecule has 2 fully saturated rings. The van der Waals surface area contributed by atoms with Gasteiger partial charge in [0.1, 0.15) is 17.6 Å². The zero-order chi connectivity index (χ0) is 19.4. The van der Waals surface area contributed by atoms with Crippen molar-refractivity contribution in [3.63, 3.8) is 0 Å². The average molecular weight is 374 g/mol. The number of nitriles is 1. The molecule has 2 aliphatic heterocycles. The Morgan fingerprint density at radius 3 is 2.57 bits per heavy atom. The first-order chi connectivity index (χ1) is 13.7. The number of nitrogens with zero attached hydrogens (tertiary/aromatic N) is 4. The van der Waals surface area contributed by atoms with Gasteiger partial charge in [-0.1, -0.05) is 36.4 Å². The van der Waals surface area contributed by atoms with Crippen molar-refractivity contribution in [3.05, 3.63) is 59.8 Å². The maximum Gasteiger partial charge on any atom is 0.222 e. The van der Waals surface area contributed by atoms with Gasteiger partial charge in [0.05, 0.1) is 0 Å². The Morgan fingerprint density at radius 1 is 1.04 bits per heavy atom. The van der Waals surface area contributed by atoms with Crippen LogP contribution in [0.5, 0.6) is 0 Å². The Kier molecular flexibility index (Phi) is 5.29. The highest BCUT2D eigenvalue weighted by Gasteiger charge is 2.41. The molecule has 144 valence electrons. The van der Waals surface area contributed by atoms with Gasteiger partial charge in [-0.3, -0.25) is 4.79 Å². The smallest absolute Gasteiger partial charge is 0.222 e. The maximum atomic E-state index is 12.5. The van der Waals surface area contributed by atoms with Crippen LogP contribution in [0.1, 0.15) is 36.9 Å². The zero-order valence-electron chi connectivity index (χ0n) is 16.2. The standard InChI is InChI=1S/C23H26N4O/c24-17-20-7-4-8-21(25-20)26-15-12-23(13-16-26)11-9-22(28)27(18-23)14-10-19-5-2-1-3-6-19/h1-8H,9-16,18H2. The van der Waals surface area contributed by atoms with Crippen LogP contribution in [0.4, 0.5) is 5.82 Å². The number of carbonyl (C=O) groups is 1. The van der Waals surface area contributed by atoms with Crippen LogP contribution in [-0.2, 0) is 11.2 Å². The van der Waals surface area contributed by atoms with E-state index in [1.165, 1.54) is 5.56 Å². The van der Waals surface area contributed by atoms with E-state index in [2.05, 4.69) is 45.1 Å². The Hall–Kier alpha value is -2.87. The van der Waals surface area contributed by atoms with E-state index in [4.69, 9.17) is 5.26 Å². The van der Waals surface area contributed by atoms with Crippen LogP contribution in [0.25, 0.3) is 0 Å². The highest BCUT2D eigenvalue weighted by molar-refractivity contribution is 5.77. The molecule has 0 radical (unpaired) electrons. The second kappa shape index (κ2) is 8.02. The summed E-state index contributed by atoms with van der Waals surface area (Å²) in [6.45, 7) is 3.55. The minimum Gasteiger partial charge on any atom is -0.357 e. The zero-order valence-corrected chi connectivity index (χ0v) is 16.2. The molecule has 5 nitrogen and oxygen atoms in total. The van der Waals surface area contributed by atoms with E-state index in [0.717, 1.165) is 57.7 Å². The third kappa shape index (κ3) is 4.01. The normalized spacial score (nSPS) is 18.9. The first kappa shape index (κ1) is 18.5. The molecule has 0 unspecified atom stereocenters. The molecule has 1 aromatic carbocycles. The largest absolute Gasteiger partial charge is 0.357 e.